The van der Waals surface area contributed by atoms with E-state index in [1.807, 2.05) is 17.2 Å². The molecule has 1 aliphatic carbocycles. The quantitative estimate of drug-likeness (QED) is 0.876. The first-order valence-corrected chi connectivity index (χ1v) is 8.39. The van der Waals surface area contributed by atoms with Gasteiger partial charge in [-0.25, -0.2) is 4.98 Å². The second-order valence-corrected chi connectivity index (χ2v) is 6.47. The minimum Gasteiger partial charge on any atom is -0.481 e. The fraction of sp³-hybridized carbons (Fsp3) is 0.667. The van der Waals surface area contributed by atoms with Gasteiger partial charge in [-0.3, -0.25) is 9.59 Å². The van der Waals surface area contributed by atoms with E-state index in [0.717, 1.165) is 24.3 Å². The summed E-state index contributed by atoms with van der Waals surface area (Å²) < 4.78 is 0. The number of carboxylic acids is 1. The Kier molecular flexibility index (Phi) is 5.73. The number of rotatable bonds is 6. The van der Waals surface area contributed by atoms with Crippen molar-refractivity contribution in [3.8, 4) is 0 Å². The van der Waals surface area contributed by atoms with Gasteiger partial charge in [0.05, 0.1) is 10.9 Å². The molecule has 0 spiro atoms. The van der Waals surface area contributed by atoms with E-state index in [9.17, 15) is 9.59 Å². The summed E-state index contributed by atoms with van der Waals surface area (Å²) in [7, 11) is 0. The molecule has 2 rings (SSSR count). The largest absolute Gasteiger partial charge is 0.481 e. The summed E-state index contributed by atoms with van der Waals surface area (Å²) in [6.45, 7) is 3.30. The molecule has 0 bridgehead atoms. The number of carbonyl (C=O) groups is 2. The molecule has 1 heterocycles. The molecule has 1 saturated carbocycles. The Morgan fingerprint density at radius 3 is 2.81 bits per heavy atom. The van der Waals surface area contributed by atoms with Crippen LogP contribution in [0.5, 0.6) is 0 Å². The molecular weight excluding hydrogens is 288 g/mol. The average molecular weight is 310 g/mol. The fourth-order valence-corrected chi connectivity index (χ4v) is 3.54. The molecule has 1 aromatic heterocycles. The van der Waals surface area contributed by atoms with Crippen molar-refractivity contribution in [3.63, 3.8) is 0 Å². The zero-order valence-electron chi connectivity index (χ0n) is 12.3. The number of thiazole rings is 1. The summed E-state index contributed by atoms with van der Waals surface area (Å²) in [5.74, 6) is -1.14. The Morgan fingerprint density at radius 2 is 2.19 bits per heavy atom. The molecule has 2 atom stereocenters. The Hall–Kier alpha value is -1.43. The van der Waals surface area contributed by atoms with Crippen molar-refractivity contribution in [1.82, 2.24) is 9.88 Å². The normalized spacial score (nSPS) is 22.0. The van der Waals surface area contributed by atoms with Crippen molar-refractivity contribution in [2.45, 2.75) is 39.0 Å². The molecule has 0 aromatic carbocycles. The molecule has 2 unspecified atom stereocenters. The van der Waals surface area contributed by atoms with Gasteiger partial charge in [0.1, 0.15) is 0 Å². The lowest BCUT2D eigenvalue weighted by molar-refractivity contribution is -0.145. The Morgan fingerprint density at radius 1 is 1.43 bits per heavy atom. The van der Waals surface area contributed by atoms with Gasteiger partial charge in [0.25, 0.3) is 0 Å². The van der Waals surface area contributed by atoms with Crippen molar-refractivity contribution in [1.29, 1.82) is 0 Å². The number of hydrogen-bond donors (Lipinski definition) is 1. The van der Waals surface area contributed by atoms with Gasteiger partial charge >= 0.3 is 5.97 Å². The molecule has 116 valence electrons. The van der Waals surface area contributed by atoms with Crippen LogP contribution in [0.15, 0.2) is 11.6 Å². The molecule has 0 aliphatic heterocycles. The zero-order chi connectivity index (χ0) is 15.2. The third-order valence-corrected chi connectivity index (χ3v) is 4.98. The van der Waals surface area contributed by atoms with E-state index >= 15 is 0 Å². The third kappa shape index (κ3) is 4.27. The van der Waals surface area contributed by atoms with Crippen molar-refractivity contribution < 1.29 is 14.7 Å². The predicted octanol–water partition coefficient (Wildman–Crippen LogP) is 2.43. The maximum absolute atomic E-state index is 12.6. The first-order valence-electron chi connectivity index (χ1n) is 7.51. The first kappa shape index (κ1) is 15.9. The van der Waals surface area contributed by atoms with Gasteiger partial charge in [-0.1, -0.05) is 6.42 Å². The van der Waals surface area contributed by atoms with Gasteiger partial charge in [0, 0.05) is 37.0 Å². The molecule has 0 radical (unpaired) electrons. The molecule has 1 aromatic rings. The van der Waals surface area contributed by atoms with E-state index < -0.39 is 5.97 Å². The molecular formula is C15H22N2O3S. The number of hydrogen-bond acceptors (Lipinski definition) is 4. The molecule has 1 amide bonds. The second-order valence-electron chi connectivity index (χ2n) is 5.49. The summed E-state index contributed by atoms with van der Waals surface area (Å²) in [5.41, 5.74) is 0. The standard InChI is InChI=1S/C15H22N2O3S/c1-2-17(8-6-13-16-7-9-21-13)14(18)11-4-3-5-12(10-11)15(19)20/h7,9,11-12H,2-6,8,10H2,1H3,(H,19,20). The van der Waals surface area contributed by atoms with Crippen molar-refractivity contribution in [3.05, 3.63) is 16.6 Å². The molecule has 5 nitrogen and oxygen atoms in total. The molecule has 0 saturated heterocycles. The van der Waals surface area contributed by atoms with Crippen molar-refractivity contribution in [2.75, 3.05) is 13.1 Å². The first-order chi connectivity index (χ1) is 10.1. The van der Waals surface area contributed by atoms with Gasteiger partial charge < -0.3 is 10.0 Å². The van der Waals surface area contributed by atoms with Crippen LogP contribution >= 0.6 is 11.3 Å². The number of aromatic nitrogens is 1. The highest BCUT2D eigenvalue weighted by Gasteiger charge is 2.32. The SMILES string of the molecule is CCN(CCc1nccs1)C(=O)C1CCCC(C(=O)O)C1. The summed E-state index contributed by atoms with van der Waals surface area (Å²) >= 11 is 1.60. The Labute approximate surface area is 129 Å². The molecule has 1 aliphatic rings. The van der Waals surface area contributed by atoms with Crippen LogP contribution in [0.25, 0.3) is 0 Å². The van der Waals surface area contributed by atoms with Crippen LogP contribution in [0.1, 0.15) is 37.6 Å². The lowest BCUT2D eigenvalue weighted by Crippen LogP contribution is -2.40. The van der Waals surface area contributed by atoms with Gasteiger partial charge in [-0.05, 0) is 26.2 Å². The van der Waals surface area contributed by atoms with Crippen molar-refractivity contribution >= 4 is 23.2 Å². The maximum atomic E-state index is 12.6. The smallest absolute Gasteiger partial charge is 0.306 e. The van der Waals surface area contributed by atoms with E-state index in [1.54, 1.807) is 17.5 Å². The molecule has 1 fully saturated rings. The lowest BCUT2D eigenvalue weighted by atomic mass is 9.80. The molecule has 1 N–H and O–H groups in total. The Bertz CT molecular complexity index is 475. The maximum Gasteiger partial charge on any atom is 0.306 e. The van der Waals surface area contributed by atoms with E-state index in [0.29, 0.717) is 25.9 Å². The molecule has 6 heteroatoms. The van der Waals surface area contributed by atoms with Crippen LogP contribution in [-0.2, 0) is 16.0 Å². The predicted molar refractivity (Wildman–Crippen MR) is 81.2 cm³/mol. The van der Waals surface area contributed by atoms with E-state index in [4.69, 9.17) is 5.11 Å². The number of nitrogens with zero attached hydrogens (tertiary/aromatic N) is 2. The number of aliphatic carboxylic acids is 1. The molecule has 21 heavy (non-hydrogen) atoms. The minimum atomic E-state index is -0.765. The van der Waals surface area contributed by atoms with Gasteiger partial charge in [-0.2, -0.15) is 0 Å². The zero-order valence-corrected chi connectivity index (χ0v) is 13.1. The summed E-state index contributed by atoms with van der Waals surface area (Å²) in [4.78, 5) is 29.8. The number of likely N-dealkylation sites (N-methyl/N-ethyl adjacent to an activating group) is 1. The monoisotopic (exact) mass is 310 g/mol. The topological polar surface area (TPSA) is 70.5 Å². The average Bonchev–Trinajstić information content (AvgIpc) is 3.01. The highest BCUT2D eigenvalue weighted by molar-refractivity contribution is 7.09. The fourth-order valence-electron chi connectivity index (χ4n) is 2.93. The van der Waals surface area contributed by atoms with Crippen LogP contribution < -0.4 is 0 Å². The van der Waals surface area contributed by atoms with E-state index in [-0.39, 0.29) is 17.7 Å². The van der Waals surface area contributed by atoms with Crippen LogP contribution in [-0.4, -0.2) is 40.0 Å². The third-order valence-electron chi connectivity index (χ3n) is 4.15. The minimum absolute atomic E-state index is 0.111. The van der Waals surface area contributed by atoms with E-state index in [2.05, 4.69) is 4.98 Å². The summed E-state index contributed by atoms with van der Waals surface area (Å²) in [5, 5.41) is 12.1. The second kappa shape index (κ2) is 7.54. The van der Waals surface area contributed by atoms with Crippen molar-refractivity contribution in [2.24, 2.45) is 11.8 Å². The highest BCUT2D eigenvalue weighted by atomic mass is 32.1. The van der Waals surface area contributed by atoms with Crippen LogP contribution in [0.2, 0.25) is 0 Å². The summed E-state index contributed by atoms with van der Waals surface area (Å²) in [6, 6.07) is 0. The summed E-state index contributed by atoms with van der Waals surface area (Å²) in [6.07, 6.45) is 5.38. The van der Waals surface area contributed by atoms with Crippen LogP contribution in [0.4, 0.5) is 0 Å². The lowest BCUT2D eigenvalue weighted by Gasteiger charge is -2.30. The Balaban J connectivity index is 1.90. The highest BCUT2D eigenvalue weighted by Crippen LogP contribution is 2.30. The number of amides is 1. The van der Waals surface area contributed by atoms with Gasteiger partial charge in [-0.15, -0.1) is 11.3 Å². The van der Waals surface area contributed by atoms with Gasteiger partial charge in [0.15, 0.2) is 0 Å². The van der Waals surface area contributed by atoms with Gasteiger partial charge in [0.2, 0.25) is 5.91 Å². The number of carboxylic acid groups (broad SMARTS) is 1. The number of carbonyl (C=O) groups excluding carboxylic acids is 1. The van der Waals surface area contributed by atoms with E-state index in [1.165, 1.54) is 0 Å². The van der Waals surface area contributed by atoms with Crippen LogP contribution in [0, 0.1) is 11.8 Å². The van der Waals surface area contributed by atoms with Crippen LogP contribution in [0.3, 0.4) is 0 Å².